The van der Waals surface area contributed by atoms with Crippen LogP contribution in [0.15, 0.2) is 57.9 Å². The van der Waals surface area contributed by atoms with Gasteiger partial charge in [-0.15, -0.1) is 0 Å². The largest absolute Gasteiger partial charge is 0.444 e. The topological polar surface area (TPSA) is 83.9 Å². The van der Waals surface area contributed by atoms with Crippen molar-refractivity contribution in [1.29, 1.82) is 5.26 Å². The SMILES string of the molecule is N#Cc1cccc(Cn2cc(NC(=O)c3ccc(Br)o3)cn2)c1. The highest BCUT2D eigenvalue weighted by Crippen LogP contribution is 2.16. The number of furan rings is 1. The zero-order valence-corrected chi connectivity index (χ0v) is 13.4. The van der Waals surface area contributed by atoms with Crippen molar-refractivity contribution in [3.8, 4) is 6.07 Å². The zero-order chi connectivity index (χ0) is 16.2. The van der Waals surface area contributed by atoms with Crippen LogP contribution in [-0.2, 0) is 6.54 Å². The Balaban J connectivity index is 1.68. The molecule has 23 heavy (non-hydrogen) atoms. The fraction of sp³-hybridized carbons (Fsp3) is 0.0625. The molecule has 0 fully saturated rings. The predicted molar refractivity (Wildman–Crippen MR) is 86.8 cm³/mol. The van der Waals surface area contributed by atoms with E-state index in [1.807, 2.05) is 12.1 Å². The van der Waals surface area contributed by atoms with Gasteiger partial charge in [-0.1, -0.05) is 12.1 Å². The van der Waals surface area contributed by atoms with Crippen LogP contribution >= 0.6 is 15.9 Å². The lowest BCUT2D eigenvalue weighted by molar-refractivity contribution is 0.0995. The van der Waals surface area contributed by atoms with Gasteiger partial charge in [0.2, 0.25) is 0 Å². The summed E-state index contributed by atoms with van der Waals surface area (Å²) in [4.78, 5) is 12.0. The summed E-state index contributed by atoms with van der Waals surface area (Å²) in [7, 11) is 0. The number of halogens is 1. The molecule has 3 aromatic rings. The van der Waals surface area contributed by atoms with E-state index in [0.717, 1.165) is 5.56 Å². The van der Waals surface area contributed by atoms with Crippen molar-refractivity contribution in [1.82, 2.24) is 9.78 Å². The average molecular weight is 371 g/mol. The maximum absolute atomic E-state index is 12.0. The molecule has 3 rings (SSSR count). The summed E-state index contributed by atoms with van der Waals surface area (Å²) >= 11 is 3.15. The number of amides is 1. The van der Waals surface area contributed by atoms with E-state index in [9.17, 15) is 4.79 Å². The van der Waals surface area contributed by atoms with E-state index in [1.165, 1.54) is 0 Å². The summed E-state index contributed by atoms with van der Waals surface area (Å²) < 4.78 is 7.37. The fourth-order valence-electron chi connectivity index (χ4n) is 2.07. The summed E-state index contributed by atoms with van der Waals surface area (Å²) in [6, 6.07) is 12.6. The van der Waals surface area contributed by atoms with Gasteiger partial charge in [0.25, 0.3) is 5.91 Å². The van der Waals surface area contributed by atoms with Crippen molar-refractivity contribution in [3.05, 3.63) is 70.3 Å². The summed E-state index contributed by atoms with van der Waals surface area (Å²) in [6.45, 7) is 0.512. The summed E-state index contributed by atoms with van der Waals surface area (Å²) in [5.41, 5.74) is 2.13. The Bertz CT molecular complexity index is 891. The van der Waals surface area contributed by atoms with Crippen molar-refractivity contribution in [2.24, 2.45) is 0 Å². The minimum Gasteiger partial charge on any atom is -0.444 e. The molecule has 0 radical (unpaired) electrons. The van der Waals surface area contributed by atoms with E-state index in [0.29, 0.717) is 22.5 Å². The number of carbonyl (C=O) groups is 1. The fourth-order valence-corrected chi connectivity index (χ4v) is 2.38. The molecular weight excluding hydrogens is 360 g/mol. The Morgan fingerprint density at radius 2 is 2.26 bits per heavy atom. The highest BCUT2D eigenvalue weighted by atomic mass is 79.9. The minimum atomic E-state index is -0.346. The molecule has 7 heteroatoms. The lowest BCUT2D eigenvalue weighted by atomic mass is 10.1. The van der Waals surface area contributed by atoms with Gasteiger partial charge in [-0.3, -0.25) is 9.48 Å². The van der Waals surface area contributed by atoms with Crippen LogP contribution in [0.5, 0.6) is 0 Å². The number of hydrogen-bond acceptors (Lipinski definition) is 4. The number of aromatic nitrogens is 2. The van der Waals surface area contributed by atoms with E-state index in [-0.39, 0.29) is 11.7 Å². The molecule has 0 unspecified atom stereocenters. The molecule has 1 amide bonds. The molecule has 114 valence electrons. The Hall–Kier alpha value is -2.85. The smallest absolute Gasteiger partial charge is 0.291 e. The normalized spacial score (nSPS) is 10.3. The van der Waals surface area contributed by atoms with Gasteiger partial charge in [0.15, 0.2) is 10.4 Å². The molecule has 0 atom stereocenters. The van der Waals surface area contributed by atoms with Crippen molar-refractivity contribution >= 4 is 27.5 Å². The number of benzene rings is 1. The molecule has 0 bridgehead atoms. The van der Waals surface area contributed by atoms with Crippen LogP contribution in [0.3, 0.4) is 0 Å². The second kappa shape index (κ2) is 6.50. The molecule has 2 aromatic heterocycles. The summed E-state index contributed by atoms with van der Waals surface area (Å²) in [5.74, 6) is -0.131. The zero-order valence-electron chi connectivity index (χ0n) is 11.9. The van der Waals surface area contributed by atoms with Crippen molar-refractivity contribution in [2.45, 2.75) is 6.54 Å². The molecule has 1 N–H and O–H groups in total. The summed E-state index contributed by atoms with van der Waals surface area (Å²) in [6.07, 6.45) is 3.28. The van der Waals surface area contributed by atoms with Crippen LogP contribution in [0.4, 0.5) is 5.69 Å². The second-order valence-corrected chi connectivity index (χ2v) is 5.58. The third-order valence-electron chi connectivity index (χ3n) is 3.09. The minimum absolute atomic E-state index is 0.214. The van der Waals surface area contributed by atoms with E-state index >= 15 is 0 Å². The van der Waals surface area contributed by atoms with Crippen LogP contribution < -0.4 is 5.32 Å². The molecule has 2 heterocycles. The molecule has 0 spiro atoms. The lowest BCUT2D eigenvalue weighted by Gasteiger charge is -2.02. The Morgan fingerprint density at radius 1 is 1.39 bits per heavy atom. The van der Waals surface area contributed by atoms with Crippen molar-refractivity contribution in [2.75, 3.05) is 5.32 Å². The van der Waals surface area contributed by atoms with Gasteiger partial charge in [-0.05, 0) is 45.8 Å². The third-order valence-corrected chi connectivity index (χ3v) is 3.51. The number of rotatable bonds is 4. The number of nitrogens with one attached hydrogen (secondary N) is 1. The van der Waals surface area contributed by atoms with Gasteiger partial charge in [0, 0.05) is 6.20 Å². The third kappa shape index (κ3) is 3.67. The van der Waals surface area contributed by atoms with E-state index in [1.54, 1.807) is 41.3 Å². The van der Waals surface area contributed by atoms with Crippen molar-refractivity contribution < 1.29 is 9.21 Å². The predicted octanol–water partition coefficient (Wildman–Crippen LogP) is 3.41. The average Bonchev–Trinajstić information content (AvgIpc) is 3.16. The van der Waals surface area contributed by atoms with Crippen LogP contribution in [0.25, 0.3) is 0 Å². The van der Waals surface area contributed by atoms with Crippen LogP contribution in [0.2, 0.25) is 0 Å². The van der Waals surface area contributed by atoms with E-state index < -0.39 is 0 Å². The van der Waals surface area contributed by atoms with Crippen LogP contribution in [0, 0.1) is 11.3 Å². The summed E-state index contributed by atoms with van der Waals surface area (Å²) in [5, 5.41) is 15.8. The number of nitrogens with zero attached hydrogens (tertiary/aromatic N) is 3. The molecule has 1 aromatic carbocycles. The first-order valence-corrected chi connectivity index (χ1v) is 7.51. The second-order valence-electron chi connectivity index (χ2n) is 4.80. The van der Waals surface area contributed by atoms with Crippen LogP contribution in [0.1, 0.15) is 21.7 Å². The van der Waals surface area contributed by atoms with Gasteiger partial charge in [-0.25, -0.2) is 0 Å². The molecule has 6 nitrogen and oxygen atoms in total. The monoisotopic (exact) mass is 370 g/mol. The van der Waals surface area contributed by atoms with Gasteiger partial charge in [-0.2, -0.15) is 10.4 Å². The van der Waals surface area contributed by atoms with Gasteiger partial charge >= 0.3 is 0 Å². The number of anilines is 1. The molecule has 0 aliphatic rings. The van der Waals surface area contributed by atoms with Crippen LogP contribution in [-0.4, -0.2) is 15.7 Å². The molecule has 0 aliphatic carbocycles. The molecular formula is C16H11BrN4O2. The van der Waals surface area contributed by atoms with Gasteiger partial charge in [0.1, 0.15) is 0 Å². The highest BCUT2D eigenvalue weighted by Gasteiger charge is 2.11. The van der Waals surface area contributed by atoms with Gasteiger partial charge in [0.05, 0.1) is 30.1 Å². The molecule has 0 aliphatic heterocycles. The maximum atomic E-state index is 12.0. The van der Waals surface area contributed by atoms with E-state index in [4.69, 9.17) is 9.68 Å². The van der Waals surface area contributed by atoms with E-state index in [2.05, 4.69) is 32.4 Å². The Kier molecular flexibility index (Phi) is 4.26. The number of carbonyl (C=O) groups excluding carboxylic acids is 1. The molecule has 0 saturated heterocycles. The highest BCUT2D eigenvalue weighted by molar-refractivity contribution is 9.10. The van der Waals surface area contributed by atoms with Crippen molar-refractivity contribution in [3.63, 3.8) is 0 Å². The quantitative estimate of drug-likeness (QED) is 0.762. The molecule has 0 saturated carbocycles. The first kappa shape index (κ1) is 15.1. The number of hydrogen-bond donors (Lipinski definition) is 1. The van der Waals surface area contributed by atoms with Gasteiger partial charge < -0.3 is 9.73 Å². The first-order valence-electron chi connectivity index (χ1n) is 6.72. The first-order chi connectivity index (χ1) is 11.1. The standard InChI is InChI=1S/C16H11BrN4O2/c17-15-5-4-14(23-15)16(22)20-13-8-19-21(10-13)9-12-3-1-2-11(6-12)7-18/h1-6,8,10H,9H2,(H,20,22). The Morgan fingerprint density at radius 3 is 3.00 bits per heavy atom. The lowest BCUT2D eigenvalue weighted by Crippen LogP contribution is -2.10. The number of nitriles is 1. The Labute approximate surface area is 140 Å². The maximum Gasteiger partial charge on any atom is 0.291 e.